The maximum Gasteiger partial charge on any atom is 0.330 e. The number of nitrogens with zero attached hydrogens (tertiary/aromatic N) is 1. The fourth-order valence-electron chi connectivity index (χ4n) is 1.97. The van der Waals surface area contributed by atoms with E-state index < -0.39 is 23.6 Å². The summed E-state index contributed by atoms with van der Waals surface area (Å²) in [5, 5.41) is 9.92. The molecule has 1 fully saturated rings. The van der Waals surface area contributed by atoms with Crippen LogP contribution in [-0.2, 0) is 4.74 Å². The lowest BCUT2D eigenvalue weighted by molar-refractivity contribution is -0.0106. The average molecular weight is 352 g/mol. The van der Waals surface area contributed by atoms with Gasteiger partial charge < -0.3 is 9.84 Å². The van der Waals surface area contributed by atoms with Gasteiger partial charge in [0.2, 0.25) is 0 Å². The zero-order valence-electron chi connectivity index (χ0n) is 9.17. The number of rotatable bonds is 2. The molecule has 2 rings (SSSR count). The number of halogens is 1. The second kappa shape index (κ2) is 4.91. The Bertz CT molecular complexity index is 512. The van der Waals surface area contributed by atoms with Crippen molar-refractivity contribution in [2.45, 2.75) is 25.4 Å². The zero-order valence-corrected chi connectivity index (χ0v) is 11.3. The zero-order chi connectivity index (χ0) is 12.6. The van der Waals surface area contributed by atoms with Gasteiger partial charge >= 0.3 is 5.69 Å². The maximum absolute atomic E-state index is 11.6. The monoisotopic (exact) mass is 352 g/mol. The molecular weight excluding hydrogens is 339 g/mol. The van der Waals surface area contributed by atoms with Gasteiger partial charge in [-0.25, -0.2) is 4.79 Å². The summed E-state index contributed by atoms with van der Waals surface area (Å²) in [7, 11) is 0. The van der Waals surface area contributed by atoms with Crippen LogP contribution in [0, 0.1) is 5.92 Å². The number of aromatic nitrogens is 2. The van der Waals surface area contributed by atoms with Gasteiger partial charge in [0.15, 0.2) is 0 Å². The van der Waals surface area contributed by atoms with Crippen LogP contribution in [0.5, 0.6) is 0 Å². The van der Waals surface area contributed by atoms with Gasteiger partial charge in [-0.15, -0.1) is 0 Å². The van der Waals surface area contributed by atoms with E-state index in [1.165, 1.54) is 16.8 Å². The lowest BCUT2D eigenvalue weighted by Crippen LogP contribution is -2.33. The highest BCUT2D eigenvalue weighted by Crippen LogP contribution is 2.34. The number of H-pyrrole nitrogens is 1. The molecule has 4 atom stereocenters. The van der Waals surface area contributed by atoms with Crippen molar-refractivity contribution >= 4 is 22.6 Å². The summed E-state index contributed by atoms with van der Waals surface area (Å²) in [6.07, 6.45) is -0.0239. The lowest BCUT2D eigenvalue weighted by Gasteiger charge is -2.17. The fourth-order valence-corrected chi connectivity index (χ4v) is 2.69. The first-order valence-electron chi connectivity index (χ1n) is 5.25. The topological polar surface area (TPSA) is 84.3 Å². The molecule has 1 aliphatic heterocycles. The van der Waals surface area contributed by atoms with Gasteiger partial charge in [-0.3, -0.25) is 14.3 Å². The number of hydrogen-bond acceptors (Lipinski definition) is 4. The molecule has 0 spiro atoms. The molecule has 1 saturated heterocycles. The molecular formula is C10H13IN2O4. The number of alkyl halides is 1. The van der Waals surface area contributed by atoms with E-state index in [0.717, 1.165) is 0 Å². The molecule has 1 aromatic rings. The van der Waals surface area contributed by atoms with Crippen molar-refractivity contribution in [2.75, 3.05) is 4.43 Å². The summed E-state index contributed by atoms with van der Waals surface area (Å²) >= 11 is 2.13. The van der Waals surface area contributed by atoms with Gasteiger partial charge in [0.1, 0.15) is 6.23 Å². The molecule has 17 heavy (non-hydrogen) atoms. The SMILES string of the molecule is C[C@H]1[C@H](O)[C@@H](CI)O[C@H]1n1ccc(=O)[nH]c1=O. The van der Waals surface area contributed by atoms with Gasteiger partial charge in [0.25, 0.3) is 5.56 Å². The Balaban J connectivity index is 2.35. The highest BCUT2D eigenvalue weighted by molar-refractivity contribution is 14.1. The molecule has 2 N–H and O–H groups in total. The molecule has 0 aromatic carbocycles. The second-order valence-electron chi connectivity index (χ2n) is 4.09. The Morgan fingerprint density at radius 3 is 2.82 bits per heavy atom. The average Bonchev–Trinajstić information content (AvgIpc) is 2.57. The van der Waals surface area contributed by atoms with Crippen molar-refractivity contribution in [3.05, 3.63) is 33.1 Å². The molecule has 1 aromatic heterocycles. The van der Waals surface area contributed by atoms with E-state index in [4.69, 9.17) is 4.74 Å². The summed E-state index contributed by atoms with van der Waals surface area (Å²) < 4.78 is 7.58. The minimum atomic E-state index is -0.601. The highest BCUT2D eigenvalue weighted by Gasteiger charge is 2.41. The second-order valence-corrected chi connectivity index (χ2v) is 4.97. The van der Waals surface area contributed by atoms with E-state index in [2.05, 4.69) is 27.6 Å². The largest absolute Gasteiger partial charge is 0.390 e. The van der Waals surface area contributed by atoms with Crippen molar-refractivity contribution in [1.82, 2.24) is 9.55 Å². The van der Waals surface area contributed by atoms with E-state index >= 15 is 0 Å². The van der Waals surface area contributed by atoms with Gasteiger partial charge in [-0.2, -0.15) is 0 Å². The molecule has 0 radical (unpaired) electrons. The van der Waals surface area contributed by atoms with E-state index in [0.29, 0.717) is 4.43 Å². The number of hydrogen-bond donors (Lipinski definition) is 2. The third-order valence-electron chi connectivity index (χ3n) is 2.96. The number of ether oxygens (including phenoxy) is 1. The Hall–Kier alpha value is -0.670. The number of nitrogens with one attached hydrogen (secondary N) is 1. The van der Waals surface area contributed by atoms with Crippen LogP contribution in [0.4, 0.5) is 0 Å². The summed E-state index contributed by atoms with van der Waals surface area (Å²) in [4.78, 5) is 24.8. The molecule has 7 heteroatoms. The van der Waals surface area contributed by atoms with Crippen molar-refractivity contribution in [2.24, 2.45) is 5.92 Å². The standard InChI is InChI=1S/C10H13IN2O4/c1-5-8(15)6(4-11)17-9(5)13-3-2-7(14)12-10(13)16/h2-3,5-6,8-9,15H,4H2,1H3,(H,12,14,16)/t5-,6+,8-,9+/m0/s1. The minimum absolute atomic E-state index is 0.196. The van der Waals surface area contributed by atoms with E-state index in [-0.39, 0.29) is 12.0 Å². The maximum atomic E-state index is 11.6. The van der Waals surface area contributed by atoms with E-state index in [9.17, 15) is 14.7 Å². The third-order valence-corrected chi connectivity index (χ3v) is 3.83. The van der Waals surface area contributed by atoms with Gasteiger partial charge in [-0.05, 0) is 0 Å². The van der Waals surface area contributed by atoms with E-state index in [1.54, 1.807) is 0 Å². The van der Waals surface area contributed by atoms with Crippen LogP contribution in [0.3, 0.4) is 0 Å². The summed E-state index contributed by atoms with van der Waals surface area (Å²) in [6, 6.07) is 1.27. The van der Waals surface area contributed by atoms with Crippen LogP contribution < -0.4 is 11.2 Å². The summed E-state index contributed by atoms with van der Waals surface area (Å²) in [5.74, 6) is -0.196. The molecule has 0 saturated carbocycles. The normalized spacial score (nSPS) is 32.9. The molecule has 1 aliphatic rings. The van der Waals surface area contributed by atoms with Crippen molar-refractivity contribution in [1.29, 1.82) is 0 Å². The van der Waals surface area contributed by atoms with Crippen LogP contribution in [-0.4, -0.2) is 31.3 Å². The number of aliphatic hydroxyl groups is 1. The Morgan fingerprint density at radius 1 is 1.59 bits per heavy atom. The van der Waals surface area contributed by atoms with Crippen LogP contribution in [0.15, 0.2) is 21.9 Å². The first-order valence-corrected chi connectivity index (χ1v) is 6.78. The molecule has 2 heterocycles. The van der Waals surface area contributed by atoms with Gasteiger partial charge in [-0.1, -0.05) is 29.5 Å². The first-order chi connectivity index (χ1) is 8.04. The van der Waals surface area contributed by atoms with E-state index in [1.807, 2.05) is 6.92 Å². The van der Waals surface area contributed by atoms with Gasteiger partial charge in [0, 0.05) is 22.6 Å². The van der Waals surface area contributed by atoms with Crippen LogP contribution in [0.1, 0.15) is 13.2 Å². The predicted molar refractivity (Wildman–Crippen MR) is 69.3 cm³/mol. The summed E-state index contributed by atoms with van der Waals surface area (Å²) in [6.45, 7) is 1.82. The van der Waals surface area contributed by atoms with Gasteiger partial charge in [0.05, 0.1) is 12.2 Å². The third kappa shape index (κ3) is 2.31. The first kappa shape index (κ1) is 12.8. The number of aliphatic hydroxyl groups excluding tert-OH is 1. The predicted octanol–water partition coefficient (Wildman–Crippen LogP) is -0.134. The Labute approximate surface area is 111 Å². The molecule has 0 amide bonds. The fraction of sp³-hybridized carbons (Fsp3) is 0.600. The van der Waals surface area contributed by atoms with Crippen molar-refractivity contribution < 1.29 is 9.84 Å². The van der Waals surface area contributed by atoms with Crippen LogP contribution in [0.25, 0.3) is 0 Å². The lowest BCUT2D eigenvalue weighted by atomic mass is 10.0. The molecule has 94 valence electrons. The summed E-state index contributed by atoms with van der Waals surface area (Å²) in [5.41, 5.74) is -0.960. The van der Waals surface area contributed by atoms with Crippen LogP contribution >= 0.6 is 22.6 Å². The molecule has 0 unspecified atom stereocenters. The quantitative estimate of drug-likeness (QED) is 0.574. The van der Waals surface area contributed by atoms with Crippen LogP contribution in [0.2, 0.25) is 0 Å². The van der Waals surface area contributed by atoms with Crippen molar-refractivity contribution in [3.63, 3.8) is 0 Å². The Kier molecular flexibility index (Phi) is 3.69. The highest BCUT2D eigenvalue weighted by atomic mass is 127. The van der Waals surface area contributed by atoms with Crippen molar-refractivity contribution in [3.8, 4) is 0 Å². The Morgan fingerprint density at radius 2 is 2.29 bits per heavy atom. The molecule has 0 bridgehead atoms. The smallest absolute Gasteiger partial charge is 0.330 e. The number of aromatic amines is 1. The molecule has 0 aliphatic carbocycles. The molecule has 6 nitrogen and oxygen atoms in total. The minimum Gasteiger partial charge on any atom is -0.390 e.